The molecular weight excluding hydrogens is 260 g/mol. The van der Waals surface area contributed by atoms with Crippen LogP contribution in [0.3, 0.4) is 0 Å². The number of halogens is 1. The van der Waals surface area contributed by atoms with Crippen molar-refractivity contribution in [2.24, 2.45) is 0 Å². The number of non-ortho nitro benzene ring substituents is 1. The number of aliphatic hydroxyl groups is 1. The Morgan fingerprint density at radius 1 is 1.39 bits per heavy atom. The molecule has 1 rings (SSSR count). The zero-order chi connectivity index (χ0) is 12.5. The van der Waals surface area contributed by atoms with Crippen LogP contribution < -0.4 is 5.32 Å². The van der Waals surface area contributed by atoms with E-state index in [9.17, 15) is 10.1 Å². The highest BCUT2D eigenvalue weighted by Gasteiger charge is 2.04. The molecule has 1 aromatic carbocycles. The van der Waals surface area contributed by atoms with Crippen LogP contribution in [0.4, 0.5) is 5.69 Å². The molecule has 1 aromatic rings. The number of aliphatic hydroxyl groups excluding tert-OH is 1. The third kappa shape index (κ3) is 6.51. The first-order valence-electron chi connectivity index (χ1n) is 5.36. The Balaban J connectivity index is 0.00000289. The molecule has 7 heteroatoms. The molecule has 0 amide bonds. The van der Waals surface area contributed by atoms with Crippen molar-refractivity contribution in [2.45, 2.75) is 6.54 Å². The van der Waals surface area contributed by atoms with E-state index in [-0.39, 0.29) is 24.7 Å². The molecule has 0 aliphatic carbocycles. The fourth-order valence-corrected chi connectivity index (χ4v) is 1.32. The Morgan fingerprint density at radius 2 is 2.17 bits per heavy atom. The second-order valence-electron chi connectivity index (χ2n) is 3.44. The highest BCUT2D eigenvalue weighted by molar-refractivity contribution is 5.85. The van der Waals surface area contributed by atoms with Crippen molar-refractivity contribution in [3.8, 4) is 0 Å². The third-order valence-corrected chi connectivity index (χ3v) is 2.11. The van der Waals surface area contributed by atoms with Gasteiger partial charge in [-0.05, 0) is 5.56 Å². The van der Waals surface area contributed by atoms with Crippen LogP contribution in [0.1, 0.15) is 5.56 Å². The molecule has 6 nitrogen and oxygen atoms in total. The molecule has 0 fully saturated rings. The lowest BCUT2D eigenvalue weighted by atomic mass is 10.2. The van der Waals surface area contributed by atoms with Gasteiger partial charge in [-0.1, -0.05) is 12.1 Å². The number of nitrogens with one attached hydrogen (secondary N) is 1. The molecule has 0 bridgehead atoms. The summed E-state index contributed by atoms with van der Waals surface area (Å²) in [6.45, 7) is 2.06. The van der Waals surface area contributed by atoms with Gasteiger partial charge in [-0.3, -0.25) is 10.1 Å². The van der Waals surface area contributed by atoms with Gasteiger partial charge in [-0.25, -0.2) is 0 Å². The molecule has 0 heterocycles. The van der Waals surface area contributed by atoms with Gasteiger partial charge in [0, 0.05) is 25.2 Å². The van der Waals surface area contributed by atoms with Gasteiger partial charge in [0.15, 0.2) is 0 Å². The van der Waals surface area contributed by atoms with Gasteiger partial charge in [0.25, 0.3) is 5.69 Å². The van der Waals surface area contributed by atoms with Gasteiger partial charge in [0.1, 0.15) is 0 Å². The average molecular weight is 277 g/mol. The van der Waals surface area contributed by atoms with E-state index < -0.39 is 4.92 Å². The smallest absolute Gasteiger partial charge is 0.269 e. The summed E-state index contributed by atoms with van der Waals surface area (Å²) in [4.78, 5) is 10.1. The molecule has 0 saturated carbocycles. The Kier molecular flexibility index (Phi) is 9.13. The summed E-state index contributed by atoms with van der Waals surface area (Å²) >= 11 is 0. The highest BCUT2D eigenvalue weighted by Crippen LogP contribution is 2.12. The summed E-state index contributed by atoms with van der Waals surface area (Å²) in [6, 6.07) is 6.50. The first-order chi connectivity index (χ1) is 8.24. The minimum Gasteiger partial charge on any atom is -0.394 e. The molecule has 102 valence electrons. The predicted octanol–water partition coefficient (Wildman–Crippen LogP) is 1.12. The number of nitrogens with zero attached hydrogens (tertiary/aromatic N) is 1. The van der Waals surface area contributed by atoms with Gasteiger partial charge < -0.3 is 15.2 Å². The van der Waals surface area contributed by atoms with E-state index in [0.29, 0.717) is 26.3 Å². The average Bonchev–Trinajstić information content (AvgIpc) is 2.34. The van der Waals surface area contributed by atoms with Crippen molar-refractivity contribution in [2.75, 3.05) is 26.4 Å². The molecule has 0 spiro atoms. The van der Waals surface area contributed by atoms with Crippen LogP contribution in [-0.4, -0.2) is 36.4 Å². The zero-order valence-electron chi connectivity index (χ0n) is 9.87. The van der Waals surface area contributed by atoms with Gasteiger partial charge in [-0.15, -0.1) is 12.4 Å². The van der Waals surface area contributed by atoms with E-state index in [2.05, 4.69) is 5.32 Å². The van der Waals surface area contributed by atoms with E-state index in [1.165, 1.54) is 6.07 Å². The van der Waals surface area contributed by atoms with Crippen LogP contribution in [0, 0.1) is 10.1 Å². The normalized spacial score (nSPS) is 9.83. The standard InChI is InChI=1S/C11H16N2O4.ClH/c14-5-7-17-6-4-12-9-10-2-1-3-11(8-10)13(15)16;/h1-3,8,12,14H,4-7,9H2;1H. The van der Waals surface area contributed by atoms with Crippen LogP contribution >= 0.6 is 12.4 Å². The first kappa shape index (κ1) is 16.8. The molecule has 0 aromatic heterocycles. The second-order valence-corrected chi connectivity index (χ2v) is 3.44. The largest absolute Gasteiger partial charge is 0.394 e. The van der Waals surface area contributed by atoms with Crippen molar-refractivity contribution in [1.29, 1.82) is 0 Å². The fourth-order valence-electron chi connectivity index (χ4n) is 1.32. The SMILES string of the molecule is Cl.O=[N+]([O-])c1cccc(CNCCOCCO)c1. The van der Waals surface area contributed by atoms with E-state index >= 15 is 0 Å². The van der Waals surface area contributed by atoms with Gasteiger partial charge in [-0.2, -0.15) is 0 Å². The molecule has 2 N–H and O–H groups in total. The Hall–Kier alpha value is -1.21. The summed E-state index contributed by atoms with van der Waals surface area (Å²) < 4.78 is 5.06. The fraction of sp³-hybridized carbons (Fsp3) is 0.455. The summed E-state index contributed by atoms with van der Waals surface area (Å²) in [5.41, 5.74) is 0.960. The first-order valence-corrected chi connectivity index (χ1v) is 5.36. The molecule has 0 aliphatic rings. The van der Waals surface area contributed by atoms with Crippen molar-refractivity contribution >= 4 is 18.1 Å². The van der Waals surface area contributed by atoms with E-state index in [4.69, 9.17) is 9.84 Å². The molecular formula is C11H17ClN2O4. The zero-order valence-corrected chi connectivity index (χ0v) is 10.7. The molecule has 18 heavy (non-hydrogen) atoms. The number of benzene rings is 1. The van der Waals surface area contributed by atoms with Gasteiger partial charge in [0.05, 0.1) is 24.7 Å². The van der Waals surface area contributed by atoms with Gasteiger partial charge >= 0.3 is 0 Å². The topological polar surface area (TPSA) is 84.6 Å². The van der Waals surface area contributed by atoms with E-state index in [1.54, 1.807) is 12.1 Å². The number of nitro groups is 1. The number of hydrogen-bond donors (Lipinski definition) is 2. The van der Waals surface area contributed by atoms with Crippen LogP contribution in [-0.2, 0) is 11.3 Å². The lowest BCUT2D eigenvalue weighted by Crippen LogP contribution is -2.20. The van der Waals surface area contributed by atoms with Crippen molar-refractivity contribution in [3.63, 3.8) is 0 Å². The summed E-state index contributed by atoms with van der Waals surface area (Å²) in [7, 11) is 0. The number of rotatable bonds is 8. The number of ether oxygens (including phenoxy) is 1. The predicted molar refractivity (Wildman–Crippen MR) is 70.0 cm³/mol. The maximum Gasteiger partial charge on any atom is 0.269 e. The second kappa shape index (κ2) is 9.78. The summed E-state index contributed by atoms with van der Waals surface area (Å²) in [6.07, 6.45) is 0. The maximum absolute atomic E-state index is 10.5. The van der Waals surface area contributed by atoms with E-state index in [1.807, 2.05) is 6.07 Å². The Bertz CT molecular complexity index is 363. The van der Waals surface area contributed by atoms with Crippen LogP contribution in [0.25, 0.3) is 0 Å². The minimum absolute atomic E-state index is 0. The quantitative estimate of drug-likeness (QED) is 0.422. The lowest BCUT2D eigenvalue weighted by Gasteiger charge is -2.05. The molecule has 0 unspecified atom stereocenters. The Morgan fingerprint density at radius 3 is 2.83 bits per heavy atom. The lowest BCUT2D eigenvalue weighted by molar-refractivity contribution is -0.384. The number of hydrogen-bond acceptors (Lipinski definition) is 5. The monoisotopic (exact) mass is 276 g/mol. The molecule has 0 aliphatic heterocycles. The third-order valence-electron chi connectivity index (χ3n) is 2.11. The number of nitro benzene ring substituents is 1. The Labute approximate surface area is 112 Å². The van der Waals surface area contributed by atoms with Gasteiger partial charge in [0.2, 0.25) is 0 Å². The van der Waals surface area contributed by atoms with Crippen LogP contribution in [0.2, 0.25) is 0 Å². The molecule has 0 radical (unpaired) electrons. The van der Waals surface area contributed by atoms with E-state index in [0.717, 1.165) is 5.56 Å². The van der Waals surface area contributed by atoms with Crippen molar-refractivity contribution in [1.82, 2.24) is 5.32 Å². The highest BCUT2D eigenvalue weighted by atomic mass is 35.5. The van der Waals surface area contributed by atoms with Crippen LogP contribution in [0.5, 0.6) is 0 Å². The molecule has 0 atom stereocenters. The molecule has 0 saturated heterocycles. The maximum atomic E-state index is 10.5. The van der Waals surface area contributed by atoms with Crippen molar-refractivity contribution < 1.29 is 14.8 Å². The summed E-state index contributed by atoms with van der Waals surface area (Å²) in [5.74, 6) is 0. The summed E-state index contributed by atoms with van der Waals surface area (Å²) in [5, 5.41) is 22.1. The van der Waals surface area contributed by atoms with Crippen LogP contribution in [0.15, 0.2) is 24.3 Å². The minimum atomic E-state index is -0.409. The van der Waals surface area contributed by atoms with Crippen molar-refractivity contribution in [3.05, 3.63) is 39.9 Å².